The third-order valence-electron chi connectivity index (χ3n) is 14.6. The molecule has 3 aliphatic carbocycles. The lowest BCUT2D eigenvalue weighted by molar-refractivity contribution is -0.348. The van der Waals surface area contributed by atoms with Crippen molar-refractivity contribution >= 4 is 49.5 Å². The first kappa shape index (κ1) is 55.4. The number of fused-ring (bicyclic) bond motifs is 5. The van der Waals surface area contributed by atoms with Crippen LogP contribution in [0.4, 0.5) is 4.79 Å². The van der Waals surface area contributed by atoms with Gasteiger partial charge < -0.3 is 58.1 Å². The first-order chi connectivity index (χ1) is 34.9. The number of amides is 1. The van der Waals surface area contributed by atoms with E-state index in [0.717, 1.165) is 13.8 Å². The molecule has 0 aromatic heterocycles. The Balaban J connectivity index is 1.44. The van der Waals surface area contributed by atoms with E-state index in [1.807, 2.05) is 0 Å². The molecule has 398 valence electrons. The van der Waals surface area contributed by atoms with Gasteiger partial charge in [0.15, 0.2) is 17.5 Å². The average Bonchev–Trinajstić information content (AvgIpc) is 3.34. The largest absolute Gasteiger partial charge is 0.509 e. The van der Waals surface area contributed by atoms with E-state index in [0.29, 0.717) is 0 Å². The van der Waals surface area contributed by atoms with Crippen LogP contribution in [0.15, 0.2) is 102 Å². The van der Waals surface area contributed by atoms with Crippen molar-refractivity contribution in [2.24, 2.45) is 16.7 Å². The zero-order valence-corrected chi connectivity index (χ0v) is 42.6. The van der Waals surface area contributed by atoms with Gasteiger partial charge in [-0.15, -0.1) is 0 Å². The number of ether oxygens (including phenoxy) is 8. The van der Waals surface area contributed by atoms with Crippen LogP contribution >= 0.6 is 7.82 Å². The topological polar surface area (TPSA) is 292 Å². The van der Waals surface area contributed by atoms with Crippen LogP contribution in [-0.4, -0.2) is 131 Å². The average molecular weight is 1050 g/mol. The smallest absolute Gasteiger partial charge is 0.455 e. The molecule has 0 spiro atoms. The number of carbonyl (C=O) groups excluding carboxylic acids is 7. The van der Waals surface area contributed by atoms with Crippen LogP contribution in [0.25, 0.3) is 0 Å². The van der Waals surface area contributed by atoms with Gasteiger partial charge in [0.2, 0.25) is 6.10 Å². The molecule has 3 fully saturated rings. The molecule has 2 saturated carbocycles. The molecule has 1 aliphatic heterocycles. The summed E-state index contributed by atoms with van der Waals surface area (Å²) in [5.41, 5.74) is -7.92. The van der Waals surface area contributed by atoms with Crippen LogP contribution < -0.4 is 5.32 Å². The van der Waals surface area contributed by atoms with Crippen molar-refractivity contribution in [3.8, 4) is 0 Å². The lowest BCUT2D eigenvalue weighted by Crippen LogP contribution is -2.82. The molecule has 1 heterocycles. The summed E-state index contributed by atoms with van der Waals surface area (Å²) in [6.45, 7) is 7.77. The molecule has 1 amide bonds. The minimum atomic E-state index is -5.01. The van der Waals surface area contributed by atoms with Gasteiger partial charge in [-0.2, -0.15) is 0 Å². The number of Topliss-reactive ketones (excluding diaryl/α,β-unsaturated/α-hetero) is 1. The lowest BCUT2D eigenvalue weighted by atomic mass is 9.44. The molecule has 22 heteroatoms. The van der Waals surface area contributed by atoms with Gasteiger partial charge in [-0.1, -0.05) is 80.6 Å². The molecule has 0 radical (unpaired) electrons. The molecule has 74 heavy (non-hydrogen) atoms. The molecule has 4 N–H and O–H groups in total. The van der Waals surface area contributed by atoms with Crippen LogP contribution in [0.2, 0.25) is 0 Å². The van der Waals surface area contributed by atoms with Crippen LogP contribution in [0, 0.1) is 16.7 Å². The summed E-state index contributed by atoms with van der Waals surface area (Å²) in [5, 5.41) is 16.9. The summed E-state index contributed by atoms with van der Waals surface area (Å²) in [4.78, 5) is 119. The van der Waals surface area contributed by atoms with E-state index in [2.05, 4.69) is 9.84 Å². The van der Waals surface area contributed by atoms with Crippen LogP contribution in [0.1, 0.15) is 93.6 Å². The van der Waals surface area contributed by atoms with Crippen LogP contribution in [-0.2, 0) is 66.2 Å². The number of hydrogen-bond donors (Lipinski definition) is 4. The Morgan fingerprint density at radius 3 is 2.00 bits per heavy atom. The van der Waals surface area contributed by atoms with E-state index in [4.69, 9.17) is 37.9 Å². The molecule has 3 aromatic carbocycles. The van der Waals surface area contributed by atoms with Crippen molar-refractivity contribution < 1.29 is 95.4 Å². The molecule has 2 bridgehead atoms. The van der Waals surface area contributed by atoms with Crippen molar-refractivity contribution in [1.29, 1.82) is 0 Å². The van der Waals surface area contributed by atoms with Gasteiger partial charge in [-0.05, 0) is 61.7 Å². The Labute approximate surface area is 426 Å². The van der Waals surface area contributed by atoms with Crippen molar-refractivity contribution in [2.45, 2.75) is 115 Å². The highest BCUT2D eigenvalue weighted by Crippen LogP contribution is 2.65. The highest BCUT2D eigenvalue weighted by Gasteiger charge is 2.78. The molecule has 0 unspecified atom stereocenters. The number of phosphoric ester groups is 1. The van der Waals surface area contributed by atoms with Gasteiger partial charge >= 0.3 is 37.9 Å². The predicted molar refractivity (Wildman–Crippen MR) is 255 cm³/mol. The second-order valence-electron chi connectivity index (χ2n) is 19.3. The van der Waals surface area contributed by atoms with Crippen molar-refractivity contribution in [3.63, 3.8) is 0 Å². The molecular weight excluding hydrogens is 990 g/mol. The summed E-state index contributed by atoms with van der Waals surface area (Å²) < 4.78 is 64.5. The normalized spacial score (nSPS) is 28.7. The first-order valence-corrected chi connectivity index (χ1v) is 25.4. The monoisotopic (exact) mass is 1050 g/mol. The molecule has 1 saturated heterocycles. The number of carbonyl (C=O) groups is 7. The molecule has 3 aromatic rings. The maximum atomic E-state index is 16.2. The number of rotatable bonds is 17. The highest BCUT2D eigenvalue weighted by atomic mass is 31.2. The zero-order chi connectivity index (χ0) is 54.0. The lowest BCUT2D eigenvalue weighted by Gasteiger charge is -2.67. The number of esters is 4. The third-order valence-corrected chi connectivity index (χ3v) is 15.1. The second kappa shape index (κ2) is 21.9. The summed E-state index contributed by atoms with van der Waals surface area (Å²) in [7, 11) is -5.01. The standard InChI is InChI=1S/C52H60NO20P/c1-8-65-48(60)71-41(39(32-18-12-9-13-19-32)53-45(57)33-20-14-10-15-21-33)47(59)70-35-27-52(61)44(72-46(58)34-22-16-11-17-23-34)42-50(7,43(56)40(69-30(3)54)38(29(35)2)49(52,5)6)36(66-24-25-68-74(62,63)64)26-37-51(42,28-67-37)73-31(4)55/h9-23,35-37,39-42,44,61H,8,24-28H2,1-7H3,(H,53,57)(H2,62,63,64)/t35-,36-,37+,39-,40+,41+,42-,44-,50+,51-,52+/m0/s1. The number of ketones is 1. The Hall–Kier alpha value is -6.32. The van der Waals surface area contributed by atoms with E-state index < -0.39 is 146 Å². The Bertz CT molecular complexity index is 2690. The maximum Gasteiger partial charge on any atom is 0.509 e. The molecule has 7 rings (SSSR count). The predicted octanol–water partition coefficient (Wildman–Crippen LogP) is 5.05. The summed E-state index contributed by atoms with van der Waals surface area (Å²) in [6, 6.07) is 22.3. The highest BCUT2D eigenvalue weighted by molar-refractivity contribution is 7.46. The van der Waals surface area contributed by atoms with Gasteiger partial charge in [-0.3, -0.25) is 23.7 Å². The minimum absolute atomic E-state index is 0.00267. The van der Waals surface area contributed by atoms with Crippen LogP contribution in [0.5, 0.6) is 0 Å². The van der Waals surface area contributed by atoms with Crippen LogP contribution in [0.3, 0.4) is 0 Å². The minimum Gasteiger partial charge on any atom is -0.455 e. The fraction of sp³-hybridized carbons (Fsp3) is 0.481. The Morgan fingerprint density at radius 1 is 0.838 bits per heavy atom. The van der Waals surface area contributed by atoms with Gasteiger partial charge in [0, 0.05) is 37.7 Å². The molecule has 11 atom stereocenters. The SMILES string of the molecule is CCOC(=O)O[C@@H](C(=O)O[C@H]1C[C@@]2(O)[C@@H](OC(=O)c3ccccc3)[C@@H]3[C@]4(OC(C)=O)CO[C@@H]4C[C@H](OCCOP(=O)(O)O)[C@@]3(C)C(=O)[C@H](OC(C)=O)C(=C1C)C2(C)C)[C@@H](NC(=O)c1ccccc1)c1ccccc1. The van der Waals surface area contributed by atoms with E-state index in [1.165, 1.54) is 58.9 Å². The van der Waals surface area contributed by atoms with Gasteiger partial charge in [0.1, 0.15) is 30.0 Å². The van der Waals surface area contributed by atoms with E-state index in [9.17, 15) is 43.4 Å². The zero-order valence-electron chi connectivity index (χ0n) is 41.8. The van der Waals surface area contributed by atoms with Gasteiger partial charge in [0.05, 0.1) is 49.4 Å². The van der Waals surface area contributed by atoms with Gasteiger partial charge in [-0.25, -0.2) is 18.9 Å². The maximum absolute atomic E-state index is 16.2. The van der Waals surface area contributed by atoms with E-state index in [-0.39, 0.29) is 40.9 Å². The van der Waals surface area contributed by atoms with Gasteiger partial charge in [0.25, 0.3) is 5.91 Å². The summed E-state index contributed by atoms with van der Waals surface area (Å²) >= 11 is 0. The Kier molecular flexibility index (Phi) is 16.4. The number of hydrogen-bond acceptors (Lipinski definition) is 18. The number of phosphoric acid groups is 1. The fourth-order valence-corrected chi connectivity index (χ4v) is 11.4. The van der Waals surface area contributed by atoms with Crippen molar-refractivity contribution in [2.75, 3.05) is 26.4 Å². The third kappa shape index (κ3) is 10.8. The van der Waals surface area contributed by atoms with Crippen molar-refractivity contribution in [3.05, 3.63) is 119 Å². The summed E-state index contributed by atoms with van der Waals surface area (Å²) in [5.74, 6) is -7.38. The Morgan fingerprint density at radius 2 is 1.45 bits per heavy atom. The number of nitrogens with one attached hydrogen (secondary N) is 1. The second-order valence-corrected chi connectivity index (χ2v) is 20.5. The number of aliphatic hydroxyl groups is 1. The molecule has 21 nitrogen and oxygen atoms in total. The molecular formula is C52H60NO20P. The van der Waals surface area contributed by atoms with Crippen molar-refractivity contribution in [1.82, 2.24) is 5.32 Å². The number of benzene rings is 3. The summed E-state index contributed by atoms with van der Waals surface area (Å²) in [6.07, 6.45) is -12.3. The van der Waals surface area contributed by atoms with E-state index >= 15 is 9.59 Å². The first-order valence-electron chi connectivity index (χ1n) is 23.9. The van der Waals surface area contributed by atoms with E-state index in [1.54, 1.807) is 66.7 Å². The quantitative estimate of drug-likeness (QED) is 0.0452. The molecule has 4 aliphatic rings. The fourth-order valence-electron chi connectivity index (χ4n) is 11.1.